The minimum Gasteiger partial charge on any atom is -0.228 e. The number of aromatic nitrogens is 2. The van der Waals surface area contributed by atoms with Crippen LogP contribution in [0.3, 0.4) is 0 Å². The van der Waals surface area contributed by atoms with E-state index in [1.807, 2.05) is 35.6 Å². The average Bonchev–Trinajstić information content (AvgIpc) is 3.78. The minimum absolute atomic E-state index is 0.0631. The summed E-state index contributed by atoms with van der Waals surface area (Å²) in [6.45, 7) is 4.70. The number of nitrogens with zero attached hydrogens (tertiary/aromatic N) is 2. The van der Waals surface area contributed by atoms with Crippen molar-refractivity contribution in [2.45, 2.75) is 19.3 Å². The molecule has 0 saturated heterocycles. The van der Waals surface area contributed by atoms with E-state index in [1.54, 1.807) is 0 Å². The highest BCUT2D eigenvalue weighted by Gasteiger charge is 2.36. The van der Waals surface area contributed by atoms with Gasteiger partial charge in [0.2, 0.25) is 0 Å². The normalized spacial score (nSPS) is 12.8. The Hall–Kier alpha value is -6.94. The largest absolute Gasteiger partial charge is 0.228 e. The van der Waals surface area contributed by atoms with Crippen LogP contribution in [-0.2, 0) is 5.41 Å². The van der Waals surface area contributed by atoms with Crippen LogP contribution in [0, 0.1) is 0 Å². The summed E-state index contributed by atoms with van der Waals surface area (Å²) in [7, 11) is 0. The predicted octanol–water partition coefficient (Wildman–Crippen LogP) is 15.2. The number of hydrogen-bond donors (Lipinski definition) is 0. The Bertz CT molecular complexity index is 3140. The second-order valence-corrected chi connectivity index (χ2v) is 16.9. The Balaban J connectivity index is 1.12. The molecule has 10 aromatic rings. The highest BCUT2D eigenvalue weighted by Crippen LogP contribution is 2.52. The molecule has 0 spiro atoms. The molecule has 274 valence electrons. The van der Waals surface area contributed by atoms with Crippen molar-refractivity contribution in [2.75, 3.05) is 0 Å². The SMILES string of the molecule is CC1(C)c2ccccc2-c2c(-c3cccc(-c4cc(-c5ccc6sc7ccccc7c6c5)cc(-c5cc(-c6ccccc6)nc(-c6ccccc6)n5)c4)c3)cccc21. The third-order valence-electron chi connectivity index (χ3n) is 11.9. The van der Waals surface area contributed by atoms with Crippen molar-refractivity contribution >= 4 is 31.5 Å². The van der Waals surface area contributed by atoms with Crippen LogP contribution in [-0.4, -0.2) is 9.97 Å². The monoisotopic (exact) mass is 758 g/mol. The van der Waals surface area contributed by atoms with Crippen molar-refractivity contribution in [3.8, 4) is 78.4 Å². The second-order valence-electron chi connectivity index (χ2n) is 15.8. The van der Waals surface area contributed by atoms with Crippen molar-refractivity contribution in [1.82, 2.24) is 9.97 Å². The Kier molecular flexibility index (Phi) is 8.06. The van der Waals surface area contributed by atoms with Crippen LogP contribution < -0.4 is 0 Å². The van der Waals surface area contributed by atoms with Gasteiger partial charge >= 0.3 is 0 Å². The third kappa shape index (κ3) is 5.78. The maximum absolute atomic E-state index is 5.28. The van der Waals surface area contributed by atoms with Crippen molar-refractivity contribution < 1.29 is 0 Å². The number of hydrogen-bond acceptors (Lipinski definition) is 3. The molecule has 0 atom stereocenters. The summed E-state index contributed by atoms with van der Waals surface area (Å²) in [6, 6.07) is 70.3. The minimum atomic E-state index is -0.0631. The zero-order chi connectivity index (χ0) is 38.8. The summed E-state index contributed by atoms with van der Waals surface area (Å²) in [4.78, 5) is 10.4. The first-order valence-corrected chi connectivity index (χ1v) is 20.7. The molecular formula is C55H38N2S. The van der Waals surface area contributed by atoms with Gasteiger partial charge < -0.3 is 0 Å². The molecule has 0 fully saturated rings. The maximum Gasteiger partial charge on any atom is 0.160 e. The first-order chi connectivity index (χ1) is 28.5. The lowest BCUT2D eigenvalue weighted by atomic mass is 9.82. The highest BCUT2D eigenvalue weighted by atomic mass is 32.1. The van der Waals surface area contributed by atoms with Crippen molar-refractivity contribution in [1.29, 1.82) is 0 Å². The van der Waals surface area contributed by atoms with E-state index in [2.05, 4.69) is 184 Å². The molecule has 2 nitrogen and oxygen atoms in total. The predicted molar refractivity (Wildman–Crippen MR) is 245 cm³/mol. The Morgan fingerprint density at radius 1 is 0.362 bits per heavy atom. The first-order valence-electron chi connectivity index (χ1n) is 19.9. The number of benzene rings is 8. The van der Waals surface area contributed by atoms with Crippen LogP contribution in [0.15, 0.2) is 194 Å². The maximum atomic E-state index is 5.28. The number of thiophene rings is 1. The zero-order valence-electron chi connectivity index (χ0n) is 32.3. The van der Waals surface area contributed by atoms with Gasteiger partial charge in [-0.1, -0.05) is 159 Å². The van der Waals surface area contributed by atoms with Gasteiger partial charge in [0, 0.05) is 42.3 Å². The molecule has 1 aliphatic rings. The van der Waals surface area contributed by atoms with Gasteiger partial charge in [-0.3, -0.25) is 0 Å². The molecule has 58 heavy (non-hydrogen) atoms. The van der Waals surface area contributed by atoms with E-state index in [0.29, 0.717) is 5.82 Å². The fraction of sp³-hybridized carbons (Fsp3) is 0.0545. The Morgan fingerprint density at radius 3 is 1.72 bits per heavy atom. The summed E-state index contributed by atoms with van der Waals surface area (Å²) in [6.07, 6.45) is 0. The average molecular weight is 759 g/mol. The molecule has 0 amide bonds. The van der Waals surface area contributed by atoms with E-state index >= 15 is 0 Å². The standard InChI is InChI=1S/C55H38N2S/c1-55(2)47-24-11-9-22-45(47)53-43(23-14-25-48(53)55)39-20-13-19-37(29-39)40-30-41(38-27-28-52-46(33-38)44-21-10-12-26-51(44)58-52)32-42(31-40)50-34-49(35-15-5-3-6-16-35)56-54(57-50)36-17-7-4-8-18-36/h3-34H,1-2H3. The summed E-state index contributed by atoms with van der Waals surface area (Å²) in [5, 5.41) is 2.58. The van der Waals surface area contributed by atoms with Crippen LogP contribution in [0.4, 0.5) is 0 Å². The second kappa shape index (κ2) is 13.6. The highest BCUT2D eigenvalue weighted by molar-refractivity contribution is 7.25. The molecule has 0 radical (unpaired) electrons. The van der Waals surface area contributed by atoms with Gasteiger partial charge in [-0.15, -0.1) is 11.3 Å². The lowest BCUT2D eigenvalue weighted by Gasteiger charge is -2.21. The molecule has 1 aliphatic carbocycles. The number of fused-ring (bicyclic) bond motifs is 6. The van der Waals surface area contributed by atoms with Gasteiger partial charge in [0.05, 0.1) is 11.4 Å². The van der Waals surface area contributed by atoms with E-state index in [-0.39, 0.29) is 5.41 Å². The van der Waals surface area contributed by atoms with E-state index in [0.717, 1.165) is 44.8 Å². The summed E-state index contributed by atoms with van der Waals surface area (Å²) in [5.74, 6) is 0.707. The van der Waals surface area contributed by atoms with E-state index in [1.165, 1.54) is 59.1 Å². The van der Waals surface area contributed by atoms with Gasteiger partial charge in [-0.25, -0.2) is 9.97 Å². The van der Waals surface area contributed by atoms with Gasteiger partial charge in [0.1, 0.15) is 0 Å². The topological polar surface area (TPSA) is 25.8 Å². The molecule has 11 rings (SSSR count). The van der Waals surface area contributed by atoms with Crippen molar-refractivity contribution in [3.63, 3.8) is 0 Å². The molecule has 0 aliphatic heterocycles. The van der Waals surface area contributed by atoms with E-state index < -0.39 is 0 Å². The van der Waals surface area contributed by atoms with Crippen molar-refractivity contribution in [2.24, 2.45) is 0 Å². The fourth-order valence-electron chi connectivity index (χ4n) is 8.94. The van der Waals surface area contributed by atoms with Crippen LogP contribution in [0.5, 0.6) is 0 Å². The summed E-state index contributed by atoms with van der Waals surface area (Å²) in [5.41, 5.74) is 17.3. The van der Waals surface area contributed by atoms with Crippen LogP contribution in [0.25, 0.3) is 98.6 Å². The Morgan fingerprint density at radius 2 is 0.914 bits per heavy atom. The van der Waals surface area contributed by atoms with E-state index in [9.17, 15) is 0 Å². The lowest BCUT2D eigenvalue weighted by Crippen LogP contribution is -2.14. The molecule has 0 bridgehead atoms. The summed E-state index contributed by atoms with van der Waals surface area (Å²) >= 11 is 1.85. The van der Waals surface area contributed by atoms with Crippen LogP contribution in [0.2, 0.25) is 0 Å². The van der Waals surface area contributed by atoms with Gasteiger partial charge in [0.25, 0.3) is 0 Å². The number of rotatable bonds is 6. The molecule has 3 heteroatoms. The smallest absolute Gasteiger partial charge is 0.160 e. The Labute approximate surface area is 342 Å². The molecular weight excluding hydrogens is 721 g/mol. The van der Waals surface area contributed by atoms with Gasteiger partial charge in [0.15, 0.2) is 5.82 Å². The molecule has 2 heterocycles. The summed E-state index contributed by atoms with van der Waals surface area (Å²) < 4.78 is 2.60. The van der Waals surface area contributed by atoms with E-state index in [4.69, 9.17) is 9.97 Å². The van der Waals surface area contributed by atoms with Crippen LogP contribution in [0.1, 0.15) is 25.0 Å². The van der Waals surface area contributed by atoms with Crippen molar-refractivity contribution in [3.05, 3.63) is 205 Å². The zero-order valence-corrected chi connectivity index (χ0v) is 33.1. The van der Waals surface area contributed by atoms with Gasteiger partial charge in [-0.05, 0) is 104 Å². The van der Waals surface area contributed by atoms with Gasteiger partial charge in [-0.2, -0.15) is 0 Å². The molecule has 8 aromatic carbocycles. The molecule has 0 N–H and O–H groups in total. The molecule has 0 saturated carbocycles. The molecule has 2 aromatic heterocycles. The quantitative estimate of drug-likeness (QED) is 0.169. The lowest BCUT2D eigenvalue weighted by molar-refractivity contribution is 0.660. The fourth-order valence-corrected chi connectivity index (χ4v) is 10.0. The third-order valence-corrected chi connectivity index (χ3v) is 13.0. The molecule has 0 unspecified atom stereocenters. The first kappa shape index (κ1) is 34.3. The van der Waals surface area contributed by atoms with Crippen LogP contribution >= 0.6 is 11.3 Å².